The van der Waals surface area contributed by atoms with Gasteiger partial charge in [0.25, 0.3) is 0 Å². The minimum atomic E-state index is -4.45. The fourth-order valence-corrected chi connectivity index (χ4v) is 3.93. The van der Waals surface area contributed by atoms with Gasteiger partial charge in [0.15, 0.2) is 0 Å². The number of alkyl halides is 3. The summed E-state index contributed by atoms with van der Waals surface area (Å²) >= 11 is 0. The standard InChI is InChI=1S/C17H18F3N3O3S/c1-11(10-24)23-15-7-8-22(27(2,25)26)9-14(15)16(21-23)12-3-5-13(6-4-12)17(18,19)20/h3-6,10-11H,7-9H2,1-2H3. The Kier molecular flexibility index (Phi) is 4.89. The molecule has 0 spiro atoms. The lowest BCUT2D eigenvalue weighted by Crippen LogP contribution is -2.35. The molecule has 0 bridgehead atoms. The Morgan fingerprint density at radius 3 is 2.37 bits per heavy atom. The molecule has 146 valence electrons. The van der Waals surface area contributed by atoms with E-state index in [0.717, 1.165) is 24.1 Å². The van der Waals surface area contributed by atoms with Gasteiger partial charge in [0.1, 0.15) is 12.3 Å². The second-order valence-electron chi connectivity index (χ2n) is 6.52. The number of aldehydes is 1. The Morgan fingerprint density at radius 2 is 1.85 bits per heavy atom. The zero-order chi connectivity index (χ0) is 20.0. The number of hydrogen-bond donors (Lipinski definition) is 0. The van der Waals surface area contributed by atoms with E-state index in [4.69, 9.17) is 0 Å². The van der Waals surface area contributed by atoms with Gasteiger partial charge in [-0.3, -0.25) is 4.68 Å². The van der Waals surface area contributed by atoms with Gasteiger partial charge in [-0.15, -0.1) is 0 Å². The highest BCUT2D eigenvalue weighted by atomic mass is 32.2. The molecule has 0 saturated carbocycles. The van der Waals surface area contributed by atoms with E-state index in [9.17, 15) is 26.4 Å². The third-order valence-corrected chi connectivity index (χ3v) is 5.84. The van der Waals surface area contributed by atoms with Crippen molar-refractivity contribution in [1.29, 1.82) is 0 Å². The Morgan fingerprint density at radius 1 is 1.22 bits per heavy atom. The fraction of sp³-hybridized carbons (Fsp3) is 0.412. The van der Waals surface area contributed by atoms with Crippen molar-refractivity contribution in [3.8, 4) is 11.3 Å². The fourth-order valence-electron chi connectivity index (χ4n) is 3.15. The second kappa shape index (κ2) is 6.75. The molecule has 0 fully saturated rings. The Hall–Kier alpha value is -2.20. The van der Waals surface area contributed by atoms with Crippen LogP contribution in [0.15, 0.2) is 24.3 Å². The lowest BCUT2D eigenvalue weighted by molar-refractivity contribution is -0.137. The van der Waals surface area contributed by atoms with Gasteiger partial charge >= 0.3 is 6.18 Å². The van der Waals surface area contributed by atoms with Crippen molar-refractivity contribution in [2.75, 3.05) is 12.8 Å². The van der Waals surface area contributed by atoms with E-state index in [1.807, 2.05) is 0 Å². The van der Waals surface area contributed by atoms with E-state index >= 15 is 0 Å². The predicted octanol–water partition coefficient (Wildman–Crippen LogP) is 2.65. The average molecular weight is 401 g/mol. The van der Waals surface area contributed by atoms with Crippen LogP contribution in [-0.4, -0.2) is 41.6 Å². The molecule has 1 aromatic heterocycles. The van der Waals surface area contributed by atoms with Crippen LogP contribution in [0, 0.1) is 0 Å². The van der Waals surface area contributed by atoms with Crippen molar-refractivity contribution in [3.63, 3.8) is 0 Å². The van der Waals surface area contributed by atoms with E-state index in [0.29, 0.717) is 29.5 Å². The molecule has 0 amide bonds. The smallest absolute Gasteiger partial charge is 0.301 e. The summed E-state index contributed by atoms with van der Waals surface area (Å²) in [5.41, 5.74) is 1.38. The number of fused-ring (bicyclic) bond motifs is 1. The highest BCUT2D eigenvalue weighted by molar-refractivity contribution is 7.88. The van der Waals surface area contributed by atoms with Crippen molar-refractivity contribution in [3.05, 3.63) is 41.1 Å². The molecule has 27 heavy (non-hydrogen) atoms. The first-order valence-corrected chi connectivity index (χ1v) is 10.1. The lowest BCUT2D eigenvalue weighted by Gasteiger charge is -2.26. The maximum Gasteiger partial charge on any atom is 0.416 e. The van der Waals surface area contributed by atoms with Crippen LogP contribution in [0.1, 0.15) is 29.8 Å². The summed E-state index contributed by atoms with van der Waals surface area (Å²) in [5, 5.41) is 4.42. The third kappa shape index (κ3) is 3.77. The molecule has 0 radical (unpaired) electrons. The van der Waals surface area contributed by atoms with Crippen molar-refractivity contribution in [2.24, 2.45) is 0 Å². The first-order valence-electron chi connectivity index (χ1n) is 8.20. The second-order valence-corrected chi connectivity index (χ2v) is 8.50. The molecule has 0 N–H and O–H groups in total. The molecular formula is C17H18F3N3O3S. The number of carbonyl (C=O) groups excluding carboxylic acids is 1. The van der Waals surface area contributed by atoms with Gasteiger partial charge in [-0.05, 0) is 19.1 Å². The van der Waals surface area contributed by atoms with Crippen LogP contribution in [0.4, 0.5) is 13.2 Å². The normalized spacial score (nSPS) is 16.8. The summed E-state index contributed by atoms with van der Waals surface area (Å²) in [6.07, 6.45) is -2.26. The number of aromatic nitrogens is 2. The molecule has 0 saturated heterocycles. The summed E-state index contributed by atoms with van der Waals surface area (Å²) in [4.78, 5) is 11.2. The number of halogens is 3. The highest BCUT2D eigenvalue weighted by Crippen LogP contribution is 2.34. The van der Waals surface area contributed by atoms with E-state index in [-0.39, 0.29) is 13.1 Å². The quantitative estimate of drug-likeness (QED) is 0.739. The first-order chi connectivity index (χ1) is 12.5. The number of hydrogen-bond acceptors (Lipinski definition) is 4. The van der Waals surface area contributed by atoms with Crippen LogP contribution in [0.2, 0.25) is 0 Å². The molecule has 1 aliphatic heterocycles. The molecule has 1 atom stereocenters. The zero-order valence-corrected chi connectivity index (χ0v) is 15.5. The van der Waals surface area contributed by atoms with Gasteiger partial charge in [0, 0.05) is 36.3 Å². The van der Waals surface area contributed by atoms with E-state index in [1.54, 1.807) is 6.92 Å². The van der Waals surface area contributed by atoms with Gasteiger partial charge in [0.05, 0.1) is 17.5 Å². The topological polar surface area (TPSA) is 72.3 Å². The van der Waals surface area contributed by atoms with E-state index in [2.05, 4.69) is 5.10 Å². The number of carbonyl (C=O) groups is 1. The molecule has 1 aromatic carbocycles. The summed E-state index contributed by atoms with van der Waals surface area (Å²) < 4.78 is 65.0. The van der Waals surface area contributed by atoms with Crippen LogP contribution in [0.5, 0.6) is 0 Å². The maximum atomic E-state index is 12.8. The average Bonchev–Trinajstić information content (AvgIpc) is 2.98. The van der Waals surface area contributed by atoms with Crippen LogP contribution < -0.4 is 0 Å². The lowest BCUT2D eigenvalue weighted by atomic mass is 10.0. The van der Waals surface area contributed by atoms with E-state index in [1.165, 1.54) is 21.1 Å². The van der Waals surface area contributed by atoms with Crippen LogP contribution >= 0.6 is 0 Å². The van der Waals surface area contributed by atoms with Crippen molar-refractivity contribution >= 4 is 16.3 Å². The number of sulfonamides is 1. The largest absolute Gasteiger partial charge is 0.416 e. The summed E-state index contributed by atoms with van der Waals surface area (Å²) in [7, 11) is -3.43. The predicted molar refractivity (Wildman–Crippen MR) is 92.4 cm³/mol. The van der Waals surface area contributed by atoms with E-state index < -0.39 is 27.8 Å². The third-order valence-electron chi connectivity index (χ3n) is 4.59. The summed E-state index contributed by atoms with van der Waals surface area (Å²) in [6, 6.07) is 3.97. The zero-order valence-electron chi connectivity index (χ0n) is 14.7. The van der Waals surface area contributed by atoms with Crippen molar-refractivity contribution in [2.45, 2.75) is 32.1 Å². The van der Waals surface area contributed by atoms with Crippen molar-refractivity contribution < 1.29 is 26.4 Å². The highest BCUT2D eigenvalue weighted by Gasteiger charge is 2.32. The van der Waals surface area contributed by atoms with Crippen molar-refractivity contribution in [1.82, 2.24) is 14.1 Å². The number of rotatable bonds is 4. The molecule has 2 aromatic rings. The molecule has 0 aliphatic carbocycles. The van der Waals surface area contributed by atoms with Gasteiger partial charge < -0.3 is 4.79 Å². The molecule has 10 heteroatoms. The maximum absolute atomic E-state index is 12.8. The number of benzene rings is 1. The van der Waals surface area contributed by atoms with Gasteiger partial charge in [-0.25, -0.2) is 8.42 Å². The molecule has 1 unspecified atom stereocenters. The minimum Gasteiger partial charge on any atom is -0.301 e. The summed E-state index contributed by atoms with van der Waals surface area (Å²) in [5.74, 6) is 0. The Labute approximate surface area is 154 Å². The van der Waals surface area contributed by atoms with Crippen LogP contribution in [0.25, 0.3) is 11.3 Å². The molecule has 1 aliphatic rings. The van der Waals surface area contributed by atoms with Crippen LogP contribution in [0.3, 0.4) is 0 Å². The minimum absolute atomic E-state index is 0.0656. The van der Waals surface area contributed by atoms with Gasteiger partial charge in [-0.2, -0.15) is 22.6 Å². The molecule has 3 rings (SSSR count). The first kappa shape index (κ1) is 19.6. The Bertz CT molecular complexity index is 966. The SMILES string of the molecule is CC(C=O)n1nc(-c2ccc(C(F)(F)F)cc2)c2c1CCN(S(C)(=O)=O)C2. The van der Waals surface area contributed by atoms with Gasteiger partial charge in [-0.1, -0.05) is 12.1 Å². The monoisotopic (exact) mass is 401 g/mol. The Balaban J connectivity index is 2.10. The van der Waals surface area contributed by atoms with Gasteiger partial charge in [0.2, 0.25) is 10.0 Å². The molecular weight excluding hydrogens is 383 g/mol. The summed E-state index contributed by atoms with van der Waals surface area (Å²) in [6.45, 7) is 1.98. The molecule has 2 heterocycles. The number of nitrogens with zero attached hydrogens (tertiary/aromatic N) is 3. The molecule has 6 nitrogen and oxygen atoms in total. The van der Waals surface area contributed by atoms with Crippen LogP contribution in [-0.2, 0) is 34.0 Å².